The van der Waals surface area contributed by atoms with E-state index in [0.29, 0.717) is 5.01 Å². The quantitative estimate of drug-likeness (QED) is 0.846. The number of hydrogen-bond donors (Lipinski definition) is 1. The number of nitrogens with one attached hydrogen (secondary N) is 1. The fourth-order valence-electron chi connectivity index (χ4n) is 1.73. The summed E-state index contributed by atoms with van der Waals surface area (Å²) in [4.78, 5) is 4.08. The van der Waals surface area contributed by atoms with Gasteiger partial charge in [-0.3, -0.25) is 0 Å². The van der Waals surface area contributed by atoms with E-state index in [1.165, 1.54) is 11.3 Å². The first-order valence-corrected chi connectivity index (χ1v) is 8.19. The van der Waals surface area contributed by atoms with Gasteiger partial charge >= 0.3 is 6.18 Å². The second-order valence-electron chi connectivity index (χ2n) is 5.86. The lowest BCUT2D eigenvalue weighted by Crippen LogP contribution is -2.35. The molecule has 0 unspecified atom stereocenters. The normalized spacial score (nSPS) is 12.9. The maximum absolute atomic E-state index is 13.1. The minimum Gasteiger partial charge on any atom is -0.307 e. The molecule has 0 saturated heterocycles. The molecule has 2 nitrogen and oxygen atoms in total. The summed E-state index contributed by atoms with van der Waals surface area (Å²) >= 11 is 2.58. The number of aryl methyl sites for hydroxylation is 1. The first-order valence-electron chi connectivity index (χ1n) is 6.43. The molecule has 2 aromatic rings. The van der Waals surface area contributed by atoms with E-state index in [1.54, 1.807) is 0 Å². The third-order valence-corrected chi connectivity index (χ3v) is 4.78. The van der Waals surface area contributed by atoms with Crippen LogP contribution in [0.25, 0.3) is 10.6 Å². The first kappa shape index (κ1) is 16.5. The van der Waals surface area contributed by atoms with Crippen molar-refractivity contribution >= 4 is 22.7 Å². The zero-order valence-corrected chi connectivity index (χ0v) is 13.9. The lowest BCUT2D eigenvalue weighted by Gasteiger charge is -2.20. The average molecular weight is 334 g/mol. The summed E-state index contributed by atoms with van der Waals surface area (Å²) in [7, 11) is 0. The Morgan fingerprint density at radius 3 is 2.33 bits per heavy atom. The molecule has 116 valence electrons. The zero-order chi connectivity index (χ0) is 15.8. The molecule has 2 heterocycles. The van der Waals surface area contributed by atoms with Crippen molar-refractivity contribution in [1.82, 2.24) is 10.3 Å². The lowest BCUT2D eigenvalue weighted by atomic mass is 10.1. The van der Waals surface area contributed by atoms with Crippen LogP contribution in [0, 0.1) is 6.92 Å². The number of rotatable bonds is 3. The molecule has 0 amide bonds. The predicted molar refractivity (Wildman–Crippen MR) is 81.8 cm³/mol. The van der Waals surface area contributed by atoms with Gasteiger partial charge in [-0.15, -0.1) is 11.3 Å². The van der Waals surface area contributed by atoms with E-state index in [1.807, 2.05) is 38.5 Å². The number of alkyl halides is 3. The van der Waals surface area contributed by atoms with E-state index in [-0.39, 0.29) is 17.0 Å². The van der Waals surface area contributed by atoms with Crippen molar-refractivity contribution in [2.24, 2.45) is 0 Å². The Kier molecular flexibility index (Phi) is 4.46. The van der Waals surface area contributed by atoms with Crippen LogP contribution in [0.15, 0.2) is 10.8 Å². The molecule has 0 radical (unpaired) electrons. The number of nitrogens with zero attached hydrogens (tertiary/aromatic N) is 1. The molecular weight excluding hydrogens is 317 g/mol. The van der Waals surface area contributed by atoms with Crippen molar-refractivity contribution in [1.29, 1.82) is 0 Å². The summed E-state index contributed by atoms with van der Waals surface area (Å²) in [5.74, 6) is 0. The first-order chi connectivity index (χ1) is 9.58. The van der Waals surface area contributed by atoms with Gasteiger partial charge in [-0.1, -0.05) is 0 Å². The summed E-state index contributed by atoms with van der Waals surface area (Å²) in [6.45, 7) is 7.81. The second kappa shape index (κ2) is 5.70. The zero-order valence-electron chi connectivity index (χ0n) is 12.3. The highest BCUT2D eigenvalue weighted by Crippen LogP contribution is 2.39. The standard InChI is InChI=1S/C14H17F3N2S2/c1-8-6-20-7-9(8)12-19-11(14(15,16)17)10(21-12)5-18-13(2,3)4/h6-7,18H,5H2,1-4H3. The number of thiazole rings is 1. The molecule has 2 aromatic heterocycles. The monoisotopic (exact) mass is 334 g/mol. The van der Waals surface area contributed by atoms with Gasteiger partial charge < -0.3 is 5.32 Å². The fourth-order valence-corrected chi connectivity index (χ4v) is 3.74. The molecule has 0 bridgehead atoms. The van der Waals surface area contributed by atoms with Gasteiger partial charge in [0.05, 0.1) is 4.88 Å². The molecule has 1 N–H and O–H groups in total. The Bertz CT molecular complexity index is 621. The van der Waals surface area contributed by atoms with Crippen molar-refractivity contribution in [3.05, 3.63) is 26.9 Å². The van der Waals surface area contributed by atoms with E-state index in [9.17, 15) is 13.2 Å². The SMILES string of the molecule is Cc1cscc1-c1nc(C(F)(F)F)c(CNC(C)(C)C)s1. The maximum Gasteiger partial charge on any atom is 0.434 e. The van der Waals surface area contributed by atoms with Crippen LogP contribution in [0.1, 0.15) is 36.9 Å². The van der Waals surface area contributed by atoms with Gasteiger partial charge in [0.1, 0.15) is 5.01 Å². The van der Waals surface area contributed by atoms with Gasteiger partial charge in [-0.2, -0.15) is 24.5 Å². The Hall–Kier alpha value is -0.920. The minimum atomic E-state index is -4.42. The lowest BCUT2D eigenvalue weighted by molar-refractivity contribution is -0.141. The largest absolute Gasteiger partial charge is 0.434 e. The maximum atomic E-state index is 13.1. The Labute approximate surface area is 130 Å². The molecule has 0 aromatic carbocycles. The van der Waals surface area contributed by atoms with Crippen molar-refractivity contribution in [3.8, 4) is 10.6 Å². The number of hydrogen-bond acceptors (Lipinski definition) is 4. The predicted octanol–water partition coefficient (Wildman–Crippen LogP) is 5.09. The molecule has 0 aliphatic heterocycles. The average Bonchev–Trinajstić information content (AvgIpc) is 2.90. The highest BCUT2D eigenvalue weighted by molar-refractivity contribution is 7.15. The Balaban J connectivity index is 2.39. The molecule has 0 atom stereocenters. The topological polar surface area (TPSA) is 24.9 Å². The molecule has 0 saturated carbocycles. The van der Waals surface area contributed by atoms with E-state index >= 15 is 0 Å². The molecule has 7 heteroatoms. The Morgan fingerprint density at radius 2 is 1.86 bits per heavy atom. The summed E-state index contributed by atoms with van der Waals surface area (Å²) in [6, 6.07) is 0. The third kappa shape index (κ3) is 4.05. The van der Waals surface area contributed by atoms with E-state index < -0.39 is 11.9 Å². The molecule has 0 aliphatic rings. The van der Waals surface area contributed by atoms with Crippen LogP contribution >= 0.6 is 22.7 Å². The molecule has 21 heavy (non-hydrogen) atoms. The number of aromatic nitrogens is 1. The van der Waals surface area contributed by atoms with Gasteiger partial charge in [0, 0.05) is 23.0 Å². The van der Waals surface area contributed by atoms with Crippen LogP contribution in [-0.4, -0.2) is 10.5 Å². The minimum absolute atomic E-state index is 0.166. The summed E-state index contributed by atoms with van der Waals surface area (Å²) in [5.41, 5.74) is 0.728. The van der Waals surface area contributed by atoms with Crippen molar-refractivity contribution < 1.29 is 13.2 Å². The van der Waals surface area contributed by atoms with Gasteiger partial charge in [0.15, 0.2) is 5.69 Å². The second-order valence-corrected chi connectivity index (χ2v) is 7.69. The third-order valence-electron chi connectivity index (χ3n) is 2.83. The van der Waals surface area contributed by atoms with Gasteiger partial charge in [0.25, 0.3) is 0 Å². The number of halogens is 3. The van der Waals surface area contributed by atoms with Crippen LogP contribution in [0.4, 0.5) is 13.2 Å². The summed E-state index contributed by atoms with van der Waals surface area (Å²) in [5, 5.41) is 7.29. The highest BCUT2D eigenvalue weighted by atomic mass is 32.1. The molecule has 2 rings (SSSR count). The van der Waals surface area contributed by atoms with Crippen LogP contribution in [0.3, 0.4) is 0 Å². The van der Waals surface area contributed by atoms with E-state index in [0.717, 1.165) is 22.5 Å². The highest BCUT2D eigenvalue weighted by Gasteiger charge is 2.37. The molecular formula is C14H17F3N2S2. The van der Waals surface area contributed by atoms with Crippen molar-refractivity contribution in [2.45, 2.75) is 46.0 Å². The van der Waals surface area contributed by atoms with Gasteiger partial charge in [0.2, 0.25) is 0 Å². The molecule has 0 aliphatic carbocycles. The van der Waals surface area contributed by atoms with Crippen LogP contribution < -0.4 is 5.32 Å². The van der Waals surface area contributed by atoms with Gasteiger partial charge in [-0.05, 0) is 38.6 Å². The van der Waals surface area contributed by atoms with Gasteiger partial charge in [-0.25, -0.2) is 4.98 Å². The number of thiophene rings is 1. The van der Waals surface area contributed by atoms with Crippen molar-refractivity contribution in [3.63, 3.8) is 0 Å². The van der Waals surface area contributed by atoms with E-state index in [2.05, 4.69) is 10.3 Å². The van der Waals surface area contributed by atoms with Crippen LogP contribution in [0.5, 0.6) is 0 Å². The molecule has 0 fully saturated rings. The van der Waals surface area contributed by atoms with E-state index in [4.69, 9.17) is 0 Å². The summed E-state index contributed by atoms with van der Waals surface area (Å²) in [6.07, 6.45) is -4.42. The Morgan fingerprint density at radius 1 is 1.19 bits per heavy atom. The fraction of sp³-hybridized carbons (Fsp3) is 0.500. The summed E-state index contributed by atoms with van der Waals surface area (Å²) < 4.78 is 39.4. The van der Waals surface area contributed by atoms with Crippen LogP contribution in [-0.2, 0) is 12.7 Å². The van der Waals surface area contributed by atoms with Crippen molar-refractivity contribution in [2.75, 3.05) is 0 Å². The molecule has 0 spiro atoms. The smallest absolute Gasteiger partial charge is 0.307 e. The van der Waals surface area contributed by atoms with Crippen LogP contribution in [0.2, 0.25) is 0 Å².